The van der Waals surface area contributed by atoms with Crippen molar-refractivity contribution >= 4 is 23.3 Å². The fraction of sp³-hybridized carbons (Fsp3) is 0.100. The third-order valence-electron chi connectivity index (χ3n) is 1.62. The highest BCUT2D eigenvalue weighted by Crippen LogP contribution is 2.21. The molecule has 1 N–H and O–H groups in total. The van der Waals surface area contributed by atoms with Crippen molar-refractivity contribution in [3.8, 4) is 11.8 Å². The van der Waals surface area contributed by atoms with Gasteiger partial charge in [0.2, 0.25) is 0 Å². The van der Waals surface area contributed by atoms with Crippen LogP contribution in [0.15, 0.2) is 18.2 Å². The molecule has 0 amide bonds. The molecule has 0 fully saturated rings. The first-order valence-electron chi connectivity index (χ1n) is 4.15. The van der Waals surface area contributed by atoms with E-state index in [0.717, 1.165) is 0 Å². The maximum Gasteiger partial charge on any atom is 0.315 e. The van der Waals surface area contributed by atoms with Crippen molar-refractivity contribution in [3.05, 3.63) is 38.9 Å². The highest BCUT2D eigenvalue weighted by molar-refractivity contribution is 6.30. The molecule has 0 unspecified atom stereocenters. The second-order valence-corrected chi connectivity index (χ2v) is 3.23. The molecule has 0 saturated carbocycles. The van der Waals surface area contributed by atoms with E-state index in [1.165, 1.54) is 18.2 Å². The van der Waals surface area contributed by atoms with E-state index in [9.17, 15) is 14.9 Å². The van der Waals surface area contributed by atoms with Crippen LogP contribution in [0.25, 0.3) is 0 Å². The Morgan fingerprint density at radius 3 is 2.81 bits per heavy atom. The molecule has 0 spiro atoms. The number of carbonyl (C=O) groups is 1. The summed E-state index contributed by atoms with van der Waals surface area (Å²) in [6.45, 7) is 0. The van der Waals surface area contributed by atoms with E-state index in [4.69, 9.17) is 16.7 Å². The third kappa shape index (κ3) is 3.26. The van der Waals surface area contributed by atoms with Crippen molar-refractivity contribution < 1.29 is 14.8 Å². The van der Waals surface area contributed by atoms with Gasteiger partial charge in [0.25, 0.3) is 5.69 Å². The number of benzene rings is 1. The molecule has 0 aliphatic rings. The molecule has 0 heterocycles. The number of halogens is 1. The summed E-state index contributed by atoms with van der Waals surface area (Å²) in [7, 11) is 0. The number of aliphatic carboxylic acids is 1. The van der Waals surface area contributed by atoms with Crippen molar-refractivity contribution in [2.45, 2.75) is 6.42 Å². The van der Waals surface area contributed by atoms with E-state index in [1.807, 2.05) is 0 Å². The van der Waals surface area contributed by atoms with E-state index in [-0.39, 0.29) is 17.7 Å². The van der Waals surface area contributed by atoms with Crippen LogP contribution in [0.2, 0.25) is 5.02 Å². The molecular weight excluding hydrogens is 234 g/mol. The molecule has 16 heavy (non-hydrogen) atoms. The molecule has 1 aromatic carbocycles. The summed E-state index contributed by atoms with van der Waals surface area (Å²) < 4.78 is 0. The van der Waals surface area contributed by atoms with Gasteiger partial charge >= 0.3 is 5.97 Å². The Morgan fingerprint density at radius 2 is 2.25 bits per heavy atom. The summed E-state index contributed by atoms with van der Waals surface area (Å²) in [6, 6.07) is 3.93. The van der Waals surface area contributed by atoms with Gasteiger partial charge in [-0.15, -0.1) is 0 Å². The lowest BCUT2D eigenvalue weighted by Crippen LogP contribution is -1.93. The van der Waals surface area contributed by atoms with Crippen molar-refractivity contribution in [2.24, 2.45) is 0 Å². The molecule has 0 aromatic heterocycles. The van der Waals surface area contributed by atoms with Crippen molar-refractivity contribution in [1.82, 2.24) is 0 Å². The highest BCUT2D eigenvalue weighted by atomic mass is 35.5. The monoisotopic (exact) mass is 239 g/mol. The van der Waals surface area contributed by atoms with E-state index < -0.39 is 10.9 Å². The standard InChI is InChI=1S/C10H6ClNO4/c11-8-4-5-9(12(15)16)7(6-8)2-1-3-10(13)14/h4-6H,3H2,(H,13,14). The van der Waals surface area contributed by atoms with Gasteiger partial charge in [-0.05, 0) is 12.1 Å². The van der Waals surface area contributed by atoms with E-state index in [2.05, 4.69) is 11.8 Å². The Kier molecular flexibility index (Phi) is 3.86. The molecule has 6 heteroatoms. The van der Waals surface area contributed by atoms with Crippen molar-refractivity contribution in [3.63, 3.8) is 0 Å². The lowest BCUT2D eigenvalue weighted by atomic mass is 10.2. The Labute approximate surface area is 95.8 Å². The molecule has 0 radical (unpaired) electrons. The van der Waals surface area contributed by atoms with Crippen LogP contribution in [0.3, 0.4) is 0 Å². The molecule has 1 rings (SSSR count). The number of carboxylic acid groups (broad SMARTS) is 1. The van der Waals surface area contributed by atoms with Gasteiger partial charge in [0, 0.05) is 11.1 Å². The summed E-state index contributed by atoms with van der Waals surface area (Å²) >= 11 is 5.66. The number of nitro groups is 1. The van der Waals surface area contributed by atoms with Crippen LogP contribution in [-0.4, -0.2) is 16.0 Å². The average Bonchev–Trinajstić information content (AvgIpc) is 2.16. The summed E-state index contributed by atoms with van der Waals surface area (Å²) in [5.41, 5.74) is -0.0824. The Bertz CT molecular complexity index is 501. The minimum atomic E-state index is -1.09. The van der Waals surface area contributed by atoms with E-state index in [1.54, 1.807) is 0 Å². The van der Waals surface area contributed by atoms with Gasteiger partial charge in [0.1, 0.15) is 12.0 Å². The zero-order valence-electron chi connectivity index (χ0n) is 7.94. The number of hydrogen-bond acceptors (Lipinski definition) is 3. The maximum absolute atomic E-state index is 10.6. The zero-order chi connectivity index (χ0) is 12.1. The molecule has 0 bridgehead atoms. The van der Waals surface area contributed by atoms with Gasteiger partial charge in [0.05, 0.1) is 4.92 Å². The minimum Gasteiger partial charge on any atom is -0.481 e. The molecule has 5 nitrogen and oxygen atoms in total. The maximum atomic E-state index is 10.6. The van der Waals surface area contributed by atoms with Gasteiger partial charge in [-0.1, -0.05) is 23.4 Å². The summed E-state index contributed by atoms with van der Waals surface area (Å²) in [4.78, 5) is 20.2. The van der Waals surface area contributed by atoms with Crippen molar-refractivity contribution in [2.75, 3.05) is 0 Å². The largest absolute Gasteiger partial charge is 0.481 e. The van der Waals surface area contributed by atoms with Gasteiger partial charge in [-0.2, -0.15) is 0 Å². The van der Waals surface area contributed by atoms with Gasteiger partial charge in [-0.25, -0.2) is 0 Å². The SMILES string of the molecule is O=C(O)CC#Cc1cc(Cl)ccc1[N+](=O)[O-]. The predicted molar refractivity (Wildman–Crippen MR) is 57.2 cm³/mol. The smallest absolute Gasteiger partial charge is 0.315 e. The van der Waals surface area contributed by atoms with Crippen molar-refractivity contribution in [1.29, 1.82) is 0 Å². The van der Waals surface area contributed by atoms with Gasteiger partial charge in [0.15, 0.2) is 0 Å². The van der Waals surface area contributed by atoms with Crippen LogP contribution in [0.4, 0.5) is 5.69 Å². The van der Waals surface area contributed by atoms with Gasteiger partial charge in [-0.3, -0.25) is 14.9 Å². The topological polar surface area (TPSA) is 80.4 Å². The molecule has 0 atom stereocenters. The summed E-state index contributed by atoms with van der Waals surface area (Å²) in [5.74, 6) is 3.63. The molecule has 1 aromatic rings. The third-order valence-corrected chi connectivity index (χ3v) is 1.85. The molecular formula is C10H6ClNO4. The Balaban J connectivity index is 3.08. The lowest BCUT2D eigenvalue weighted by molar-refractivity contribution is -0.385. The van der Waals surface area contributed by atoms with Crippen LogP contribution in [0, 0.1) is 22.0 Å². The summed E-state index contributed by atoms with van der Waals surface area (Å²) in [5, 5.41) is 19.3. The van der Waals surface area contributed by atoms with E-state index in [0.29, 0.717) is 5.02 Å². The minimum absolute atomic E-state index is 0.110. The normalized spacial score (nSPS) is 9.06. The van der Waals surface area contributed by atoms with Gasteiger partial charge < -0.3 is 5.11 Å². The molecule has 82 valence electrons. The number of hydrogen-bond donors (Lipinski definition) is 1. The zero-order valence-corrected chi connectivity index (χ0v) is 8.69. The Morgan fingerprint density at radius 1 is 1.56 bits per heavy atom. The van der Waals surface area contributed by atoms with E-state index >= 15 is 0 Å². The van der Waals surface area contributed by atoms with Crippen LogP contribution in [-0.2, 0) is 4.79 Å². The molecule has 0 saturated heterocycles. The first kappa shape index (κ1) is 12.0. The van der Waals surface area contributed by atoms with Crippen LogP contribution in [0.5, 0.6) is 0 Å². The number of nitrogens with zero attached hydrogens (tertiary/aromatic N) is 1. The second-order valence-electron chi connectivity index (χ2n) is 2.79. The lowest BCUT2D eigenvalue weighted by Gasteiger charge is -1.95. The van der Waals surface area contributed by atoms with Crippen LogP contribution >= 0.6 is 11.6 Å². The first-order chi connectivity index (χ1) is 7.50. The van der Waals surface area contributed by atoms with Crippen LogP contribution < -0.4 is 0 Å². The fourth-order valence-electron chi connectivity index (χ4n) is 0.983. The second kappa shape index (κ2) is 5.14. The number of carboxylic acids is 1. The predicted octanol–water partition coefficient (Wildman–Crippen LogP) is 2.07. The number of rotatable bonds is 2. The fourth-order valence-corrected chi connectivity index (χ4v) is 1.15. The quantitative estimate of drug-likeness (QED) is 0.487. The molecule has 0 aliphatic heterocycles. The first-order valence-corrected chi connectivity index (χ1v) is 4.53. The summed E-state index contributed by atoms with van der Waals surface area (Å²) in [6.07, 6.45) is -0.371. The molecule has 0 aliphatic carbocycles. The Hall–Kier alpha value is -2.06. The average molecular weight is 240 g/mol. The number of nitro benzene ring substituents is 1. The van der Waals surface area contributed by atoms with Crippen LogP contribution in [0.1, 0.15) is 12.0 Å². The highest BCUT2D eigenvalue weighted by Gasteiger charge is 2.11.